The van der Waals surface area contributed by atoms with Gasteiger partial charge in [0.1, 0.15) is 25.1 Å². The first-order valence-electron chi connectivity index (χ1n) is 10.2. The average Bonchev–Trinajstić information content (AvgIpc) is 2.76. The Kier molecular flexibility index (Phi) is 7.93. The molecule has 0 aliphatic carbocycles. The molecule has 0 spiro atoms. The summed E-state index contributed by atoms with van der Waals surface area (Å²) < 4.78 is 21.9. The van der Waals surface area contributed by atoms with E-state index in [-0.39, 0.29) is 19.3 Å². The highest BCUT2D eigenvalue weighted by molar-refractivity contribution is 5.76. The fourth-order valence-corrected chi connectivity index (χ4v) is 3.12. The van der Waals surface area contributed by atoms with Crippen molar-refractivity contribution in [1.82, 2.24) is 5.32 Å². The van der Waals surface area contributed by atoms with Gasteiger partial charge in [-0.05, 0) is 50.1 Å². The molecular formula is C23H29NO6. The van der Waals surface area contributed by atoms with Crippen LogP contribution in [0.5, 0.6) is 17.2 Å². The molecule has 0 unspecified atom stereocenters. The van der Waals surface area contributed by atoms with Crippen LogP contribution in [0.3, 0.4) is 0 Å². The normalized spacial score (nSPS) is 17.1. The minimum Gasteiger partial charge on any atom is -0.491 e. The standard InChI is InChI=1S/C23H29NO6/c1-3-27-23(26)22-15-29-21-12-17(9-10-20(21)30-22)11-16(2)24-13-18(25)14-28-19-7-5-4-6-8-19/h4-10,12,16,18,22,24-25H,3,11,13-15H2,1-2H3/t16-,18+,22-/m1/s1. The van der Waals surface area contributed by atoms with Crippen molar-refractivity contribution in [1.29, 1.82) is 0 Å². The number of benzene rings is 2. The number of para-hydroxylation sites is 1. The summed E-state index contributed by atoms with van der Waals surface area (Å²) in [5.74, 6) is 1.49. The summed E-state index contributed by atoms with van der Waals surface area (Å²) in [6.07, 6.45) is -0.583. The van der Waals surface area contributed by atoms with Crippen molar-refractivity contribution < 1.29 is 28.8 Å². The van der Waals surface area contributed by atoms with Crippen LogP contribution < -0.4 is 19.5 Å². The Balaban J connectivity index is 1.43. The lowest BCUT2D eigenvalue weighted by Crippen LogP contribution is -2.38. The van der Waals surface area contributed by atoms with E-state index in [1.54, 1.807) is 6.92 Å². The molecule has 2 aromatic rings. The third-order valence-electron chi connectivity index (χ3n) is 4.65. The molecule has 7 nitrogen and oxygen atoms in total. The van der Waals surface area contributed by atoms with Crippen LogP contribution in [-0.4, -0.2) is 55.7 Å². The average molecular weight is 415 g/mol. The number of fused-ring (bicyclic) bond motifs is 1. The summed E-state index contributed by atoms with van der Waals surface area (Å²) in [5.41, 5.74) is 1.07. The van der Waals surface area contributed by atoms with Crippen LogP contribution >= 0.6 is 0 Å². The zero-order chi connectivity index (χ0) is 21.3. The predicted octanol–water partition coefficient (Wildman–Crippen LogP) is 2.35. The Labute approximate surface area is 176 Å². The number of carbonyl (C=O) groups is 1. The zero-order valence-electron chi connectivity index (χ0n) is 17.4. The van der Waals surface area contributed by atoms with Crippen LogP contribution in [-0.2, 0) is 16.0 Å². The quantitative estimate of drug-likeness (QED) is 0.576. The van der Waals surface area contributed by atoms with Crippen molar-refractivity contribution >= 4 is 5.97 Å². The first kappa shape index (κ1) is 21.9. The van der Waals surface area contributed by atoms with E-state index >= 15 is 0 Å². The lowest BCUT2D eigenvalue weighted by molar-refractivity contribution is -0.153. The molecule has 30 heavy (non-hydrogen) atoms. The maximum atomic E-state index is 11.8. The number of hydrogen-bond donors (Lipinski definition) is 2. The van der Waals surface area contributed by atoms with Gasteiger partial charge in [0.25, 0.3) is 0 Å². The van der Waals surface area contributed by atoms with E-state index in [1.165, 1.54) is 0 Å². The summed E-state index contributed by atoms with van der Waals surface area (Å²) in [6.45, 7) is 4.92. The number of aliphatic hydroxyl groups excluding tert-OH is 1. The Bertz CT molecular complexity index is 813. The molecule has 2 aromatic carbocycles. The summed E-state index contributed by atoms with van der Waals surface area (Å²) >= 11 is 0. The first-order valence-corrected chi connectivity index (χ1v) is 10.2. The summed E-state index contributed by atoms with van der Waals surface area (Å²) in [6, 6.07) is 15.3. The van der Waals surface area contributed by atoms with Gasteiger partial charge in [-0.25, -0.2) is 4.79 Å². The van der Waals surface area contributed by atoms with Gasteiger partial charge in [-0.3, -0.25) is 0 Å². The second-order valence-corrected chi connectivity index (χ2v) is 7.24. The molecule has 3 atom stereocenters. The molecule has 7 heteroatoms. The molecule has 0 fully saturated rings. The summed E-state index contributed by atoms with van der Waals surface area (Å²) in [4.78, 5) is 11.8. The van der Waals surface area contributed by atoms with E-state index in [2.05, 4.69) is 12.2 Å². The van der Waals surface area contributed by atoms with E-state index in [0.717, 1.165) is 17.7 Å². The van der Waals surface area contributed by atoms with E-state index in [0.29, 0.717) is 24.7 Å². The minimum atomic E-state index is -0.733. The molecule has 0 amide bonds. The number of nitrogens with one attached hydrogen (secondary N) is 1. The Morgan fingerprint density at radius 2 is 2.03 bits per heavy atom. The topological polar surface area (TPSA) is 86.3 Å². The molecule has 3 rings (SSSR count). The third kappa shape index (κ3) is 6.37. The first-order chi connectivity index (χ1) is 14.5. The number of ether oxygens (including phenoxy) is 4. The molecule has 0 radical (unpaired) electrons. The molecule has 2 N–H and O–H groups in total. The predicted molar refractivity (Wildman–Crippen MR) is 112 cm³/mol. The molecular weight excluding hydrogens is 386 g/mol. The highest BCUT2D eigenvalue weighted by atomic mass is 16.6. The van der Waals surface area contributed by atoms with Crippen LogP contribution in [0.4, 0.5) is 0 Å². The maximum Gasteiger partial charge on any atom is 0.350 e. The second-order valence-electron chi connectivity index (χ2n) is 7.24. The fraction of sp³-hybridized carbons (Fsp3) is 0.435. The van der Waals surface area contributed by atoms with Crippen LogP contribution in [0.1, 0.15) is 19.4 Å². The summed E-state index contributed by atoms with van der Waals surface area (Å²) in [7, 11) is 0. The third-order valence-corrected chi connectivity index (χ3v) is 4.65. The number of rotatable bonds is 10. The number of esters is 1. The van der Waals surface area contributed by atoms with Crippen LogP contribution in [0.15, 0.2) is 48.5 Å². The minimum absolute atomic E-state index is 0.136. The molecule has 0 saturated heterocycles. The monoisotopic (exact) mass is 415 g/mol. The lowest BCUT2D eigenvalue weighted by Gasteiger charge is -2.25. The Hall–Kier alpha value is -2.77. The van der Waals surface area contributed by atoms with Crippen LogP contribution in [0.2, 0.25) is 0 Å². The number of aliphatic hydroxyl groups is 1. The molecule has 162 valence electrons. The van der Waals surface area contributed by atoms with Gasteiger partial charge in [-0.15, -0.1) is 0 Å². The molecule has 0 bridgehead atoms. The smallest absolute Gasteiger partial charge is 0.350 e. The van der Waals surface area contributed by atoms with Gasteiger partial charge in [0.05, 0.1) is 6.61 Å². The van der Waals surface area contributed by atoms with E-state index < -0.39 is 18.2 Å². The van der Waals surface area contributed by atoms with Crippen LogP contribution in [0.25, 0.3) is 0 Å². The SMILES string of the molecule is CCOC(=O)[C@H]1COc2cc(C[C@@H](C)NC[C@H](O)COc3ccccc3)ccc2O1. The maximum absolute atomic E-state index is 11.8. The van der Waals surface area contributed by atoms with Crippen molar-refractivity contribution in [3.05, 3.63) is 54.1 Å². The van der Waals surface area contributed by atoms with Gasteiger partial charge in [-0.2, -0.15) is 0 Å². The summed E-state index contributed by atoms with van der Waals surface area (Å²) in [5, 5.41) is 13.4. The van der Waals surface area contributed by atoms with Gasteiger partial charge in [0, 0.05) is 12.6 Å². The molecule has 1 aliphatic rings. The van der Waals surface area contributed by atoms with Gasteiger partial charge >= 0.3 is 5.97 Å². The molecule has 0 aromatic heterocycles. The Morgan fingerprint density at radius 1 is 1.23 bits per heavy atom. The number of hydrogen-bond acceptors (Lipinski definition) is 7. The van der Waals surface area contributed by atoms with E-state index in [4.69, 9.17) is 18.9 Å². The van der Waals surface area contributed by atoms with Gasteiger partial charge < -0.3 is 29.4 Å². The van der Waals surface area contributed by atoms with Crippen LogP contribution in [0, 0.1) is 0 Å². The Morgan fingerprint density at radius 3 is 2.80 bits per heavy atom. The highest BCUT2D eigenvalue weighted by Crippen LogP contribution is 2.33. The molecule has 1 heterocycles. The van der Waals surface area contributed by atoms with Crippen molar-refractivity contribution in [3.63, 3.8) is 0 Å². The van der Waals surface area contributed by atoms with Gasteiger partial charge in [0.2, 0.25) is 6.10 Å². The van der Waals surface area contributed by atoms with Crippen molar-refractivity contribution in [2.45, 2.75) is 38.5 Å². The van der Waals surface area contributed by atoms with Gasteiger partial charge in [0.15, 0.2) is 11.5 Å². The van der Waals surface area contributed by atoms with Crippen molar-refractivity contribution in [3.8, 4) is 17.2 Å². The van der Waals surface area contributed by atoms with Gasteiger partial charge in [-0.1, -0.05) is 24.3 Å². The molecule has 1 aliphatic heterocycles. The zero-order valence-corrected chi connectivity index (χ0v) is 17.4. The second kappa shape index (κ2) is 10.8. The fourth-order valence-electron chi connectivity index (χ4n) is 3.12. The highest BCUT2D eigenvalue weighted by Gasteiger charge is 2.28. The van der Waals surface area contributed by atoms with Crippen molar-refractivity contribution in [2.75, 3.05) is 26.4 Å². The van der Waals surface area contributed by atoms with E-state index in [9.17, 15) is 9.90 Å². The largest absolute Gasteiger partial charge is 0.491 e. The molecule has 0 saturated carbocycles. The number of carbonyl (C=O) groups excluding carboxylic acids is 1. The lowest BCUT2D eigenvalue weighted by atomic mass is 10.1. The van der Waals surface area contributed by atoms with Crippen molar-refractivity contribution in [2.24, 2.45) is 0 Å². The van der Waals surface area contributed by atoms with E-state index in [1.807, 2.05) is 48.5 Å².